The Hall–Kier alpha value is 0.527. The van der Waals surface area contributed by atoms with Crippen molar-refractivity contribution in [3.8, 4) is 0 Å². The largest absolute Gasteiger partial charge is 0.424 e. The highest BCUT2D eigenvalue weighted by Crippen LogP contribution is 1.68. The summed E-state index contributed by atoms with van der Waals surface area (Å²) in [6.07, 6.45) is 0. The van der Waals surface area contributed by atoms with Gasteiger partial charge in [-0.2, -0.15) is 12.6 Å². The summed E-state index contributed by atoms with van der Waals surface area (Å²) in [5, 5.41) is 0. The highest BCUT2D eigenvalue weighted by Gasteiger charge is 1.66. The number of rotatable bonds is 2. The Kier molecular flexibility index (Phi) is 5.00. The van der Waals surface area contributed by atoms with Crippen LogP contribution in [0.1, 0.15) is 0 Å². The van der Waals surface area contributed by atoms with Gasteiger partial charge in [-0.05, 0) is 0 Å². The summed E-state index contributed by atoms with van der Waals surface area (Å²) in [6, 6.07) is 0. The van der Waals surface area contributed by atoms with Crippen molar-refractivity contribution in [1.29, 1.82) is 0 Å². The van der Waals surface area contributed by atoms with Gasteiger partial charge in [-0.3, -0.25) is 0 Å². The maximum Gasteiger partial charge on any atom is 0.174 e. The van der Waals surface area contributed by atoms with E-state index < -0.39 is 0 Å². The summed E-state index contributed by atoms with van der Waals surface area (Å²) in [5.41, 5.74) is 0. The third kappa shape index (κ3) is 4.53. The number of hydrogen-bond acceptors (Lipinski definition) is 2. The van der Waals surface area contributed by atoms with E-state index in [0.717, 1.165) is 12.4 Å². The third-order valence-electron chi connectivity index (χ3n) is 0.236. The average Bonchev–Trinajstić information content (AvgIpc) is 1.41. The van der Waals surface area contributed by atoms with E-state index in [-0.39, 0.29) is 0 Å². The molecule has 0 saturated heterocycles. The second kappa shape index (κ2) is 4.53. The molecule has 0 aliphatic heterocycles. The van der Waals surface area contributed by atoms with Crippen LogP contribution in [0, 0.1) is 0 Å². The normalized spacial score (nSPS) is 8.40. The maximum atomic E-state index is 4.64. The molecule has 0 rings (SSSR count). The molecular formula is C2H7OSSi. The molecule has 1 radical (unpaired) electrons. The van der Waals surface area contributed by atoms with Gasteiger partial charge in [0.05, 0.1) is 0 Å². The highest BCUT2D eigenvalue weighted by atomic mass is 32.1. The van der Waals surface area contributed by atoms with Crippen LogP contribution in [0.3, 0.4) is 0 Å². The summed E-state index contributed by atoms with van der Waals surface area (Å²) >= 11 is 3.88. The molecule has 0 spiro atoms. The van der Waals surface area contributed by atoms with Crippen molar-refractivity contribution in [3.05, 3.63) is 0 Å². The van der Waals surface area contributed by atoms with Crippen LogP contribution in [0.5, 0.6) is 0 Å². The fourth-order valence-corrected chi connectivity index (χ4v) is 0.581. The van der Waals surface area contributed by atoms with Crippen LogP contribution in [0.4, 0.5) is 0 Å². The van der Waals surface area contributed by atoms with Crippen molar-refractivity contribution in [3.63, 3.8) is 0 Å². The molecular weight excluding hydrogens is 100 g/mol. The molecule has 0 aromatic heterocycles. The molecule has 0 aliphatic carbocycles. The van der Waals surface area contributed by atoms with Crippen LogP contribution >= 0.6 is 12.6 Å². The molecule has 5 heavy (non-hydrogen) atoms. The van der Waals surface area contributed by atoms with Crippen molar-refractivity contribution >= 4 is 23.1 Å². The van der Waals surface area contributed by atoms with Crippen molar-refractivity contribution in [1.82, 2.24) is 0 Å². The van der Waals surface area contributed by atoms with Gasteiger partial charge < -0.3 is 4.43 Å². The summed E-state index contributed by atoms with van der Waals surface area (Å²) in [6.45, 7) is 0.765. The van der Waals surface area contributed by atoms with Gasteiger partial charge in [-0.15, -0.1) is 0 Å². The second-order valence-electron chi connectivity index (χ2n) is 0.632. The van der Waals surface area contributed by atoms with E-state index in [1.807, 2.05) is 0 Å². The summed E-state index contributed by atoms with van der Waals surface area (Å²) in [4.78, 5) is 0. The second-order valence-corrected chi connectivity index (χ2v) is 1.49. The Labute approximate surface area is 40.7 Å². The topological polar surface area (TPSA) is 9.23 Å². The van der Waals surface area contributed by atoms with Crippen molar-refractivity contribution in [2.75, 3.05) is 12.4 Å². The molecule has 0 fully saturated rings. The molecule has 0 bridgehead atoms. The smallest absolute Gasteiger partial charge is 0.174 e. The fraction of sp³-hybridized carbons (Fsp3) is 1.00. The van der Waals surface area contributed by atoms with E-state index in [1.54, 1.807) is 0 Å². The molecule has 0 N–H and O–H groups in total. The van der Waals surface area contributed by atoms with Crippen LogP contribution in [0.25, 0.3) is 0 Å². The Morgan fingerprint density at radius 3 is 2.40 bits per heavy atom. The molecule has 0 heterocycles. The Morgan fingerprint density at radius 1 is 1.80 bits per heavy atom. The first kappa shape index (κ1) is 5.53. The van der Waals surface area contributed by atoms with E-state index in [4.69, 9.17) is 0 Å². The molecule has 3 heteroatoms. The van der Waals surface area contributed by atoms with Crippen molar-refractivity contribution in [2.24, 2.45) is 0 Å². The number of thiol groups is 1. The molecule has 0 aromatic carbocycles. The van der Waals surface area contributed by atoms with E-state index in [2.05, 4.69) is 17.1 Å². The first-order valence-corrected chi connectivity index (χ1v) is 2.60. The lowest BCUT2D eigenvalue weighted by Crippen LogP contribution is -1.87. The molecule has 0 saturated carbocycles. The fourth-order valence-electron chi connectivity index (χ4n) is 0.0645. The van der Waals surface area contributed by atoms with Crippen molar-refractivity contribution < 1.29 is 4.43 Å². The molecule has 0 atom stereocenters. The zero-order chi connectivity index (χ0) is 4.12. The predicted molar refractivity (Wildman–Crippen MR) is 28.3 cm³/mol. The Balaban J connectivity index is 2.19. The van der Waals surface area contributed by atoms with Gasteiger partial charge >= 0.3 is 0 Å². The molecule has 0 amide bonds. The predicted octanol–water partition coefficient (Wildman–Crippen LogP) is -0.519. The van der Waals surface area contributed by atoms with Crippen LogP contribution in [0.2, 0.25) is 0 Å². The van der Waals surface area contributed by atoms with Gasteiger partial charge in [0, 0.05) is 12.4 Å². The zero-order valence-corrected chi connectivity index (χ0v) is 5.29. The Morgan fingerprint density at radius 2 is 2.40 bits per heavy atom. The SMILES string of the molecule is [SiH2]OCCS. The monoisotopic (exact) mass is 107 g/mol. The van der Waals surface area contributed by atoms with Gasteiger partial charge in [0.15, 0.2) is 10.5 Å². The zero-order valence-electron chi connectivity index (χ0n) is 2.98. The van der Waals surface area contributed by atoms with Gasteiger partial charge in [-0.1, -0.05) is 0 Å². The minimum Gasteiger partial charge on any atom is -0.424 e. The quantitative estimate of drug-likeness (QED) is 0.369. The summed E-state index contributed by atoms with van der Waals surface area (Å²) in [7, 11) is 1.50. The first-order valence-electron chi connectivity index (χ1n) is 1.39. The lowest BCUT2D eigenvalue weighted by Gasteiger charge is -1.84. The standard InChI is InChI=1S/C2H7OSSi/c4-2-1-3-5/h4H,1-2,5H2. The summed E-state index contributed by atoms with van der Waals surface area (Å²) in [5.74, 6) is 0.823. The lowest BCUT2D eigenvalue weighted by atomic mass is 10.9. The van der Waals surface area contributed by atoms with E-state index in [1.165, 1.54) is 10.5 Å². The molecule has 0 aromatic rings. The maximum absolute atomic E-state index is 4.64. The minimum atomic E-state index is 0.765. The van der Waals surface area contributed by atoms with E-state index in [9.17, 15) is 0 Å². The molecule has 31 valence electrons. The van der Waals surface area contributed by atoms with E-state index in [0.29, 0.717) is 0 Å². The van der Waals surface area contributed by atoms with E-state index >= 15 is 0 Å². The highest BCUT2D eigenvalue weighted by molar-refractivity contribution is 7.80. The van der Waals surface area contributed by atoms with Crippen LogP contribution in [-0.4, -0.2) is 22.8 Å². The number of hydrogen-bond donors (Lipinski definition) is 1. The first-order chi connectivity index (χ1) is 2.41. The average molecular weight is 107 g/mol. The molecule has 1 nitrogen and oxygen atoms in total. The van der Waals surface area contributed by atoms with Crippen LogP contribution in [-0.2, 0) is 4.43 Å². The van der Waals surface area contributed by atoms with Crippen molar-refractivity contribution in [2.45, 2.75) is 0 Å². The summed E-state index contributed by atoms with van der Waals surface area (Å²) < 4.78 is 4.64. The minimum absolute atomic E-state index is 0.765. The molecule has 0 unspecified atom stereocenters. The Bertz CT molecular complexity index is 17.1. The van der Waals surface area contributed by atoms with Crippen LogP contribution < -0.4 is 0 Å². The molecule has 0 aliphatic rings. The van der Waals surface area contributed by atoms with Gasteiger partial charge in [0.25, 0.3) is 0 Å². The van der Waals surface area contributed by atoms with Gasteiger partial charge in [-0.25, -0.2) is 0 Å². The third-order valence-corrected chi connectivity index (χ3v) is 0.707. The van der Waals surface area contributed by atoms with Gasteiger partial charge in [0.2, 0.25) is 0 Å². The van der Waals surface area contributed by atoms with Gasteiger partial charge in [0.1, 0.15) is 0 Å². The lowest BCUT2D eigenvalue weighted by molar-refractivity contribution is 0.380. The van der Waals surface area contributed by atoms with Crippen LogP contribution in [0.15, 0.2) is 0 Å².